The second-order valence-electron chi connectivity index (χ2n) is 3.54. The van der Waals surface area contributed by atoms with E-state index in [0.29, 0.717) is 13.2 Å². The van der Waals surface area contributed by atoms with Gasteiger partial charge in [0.15, 0.2) is 0 Å². The summed E-state index contributed by atoms with van der Waals surface area (Å²) in [5.74, 6) is 0. The molecular weight excluding hydrogens is 166 g/mol. The molecule has 1 saturated heterocycles. The molecule has 0 bridgehead atoms. The molecule has 1 aliphatic rings. The molecule has 13 heavy (non-hydrogen) atoms. The zero-order valence-corrected chi connectivity index (χ0v) is 8.34. The normalized spacial score (nSPS) is 28.8. The van der Waals surface area contributed by atoms with Crippen molar-refractivity contribution in [3.63, 3.8) is 0 Å². The second-order valence-corrected chi connectivity index (χ2v) is 3.54. The molecule has 0 radical (unpaired) electrons. The fourth-order valence-electron chi connectivity index (χ4n) is 1.77. The summed E-state index contributed by atoms with van der Waals surface area (Å²) in [5, 5.41) is 0. The number of hydrogen-bond acceptors (Lipinski definition) is 3. The molecular formula is C10H19NO2. The van der Waals surface area contributed by atoms with Crippen LogP contribution in [-0.2, 0) is 9.47 Å². The zero-order chi connectivity index (χ0) is 9.73. The molecule has 3 nitrogen and oxygen atoms in total. The van der Waals surface area contributed by atoms with Crippen LogP contribution in [0.2, 0.25) is 0 Å². The number of ether oxygens (including phenoxy) is 2. The average molecular weight is 185 g/mol. The lowest BCUT2D eigenvalue weighted by molar-refractivity contribution is -0.0909. The Bertz CT molecular complexity index is 168. The van der Waals surface area contributed by atoms with Gasteiger partial charge in [-0.1, -0.05) is 6.58 Å². The van der Waals surface area contributed by atoms with E-state index in [2.05, 4.69) is 6.58 Å². The summed E-state index contributed by atoms with van der Waals surface area (Å²) in [7, 11) is 1.68. The molecule has 1 aliphatic heterocycles. The Balaban J connectivity index is 2.66. The van der Waals surface area contributed by atoms with Crippen molar-refractivity contribution in [3.8, 4) is 0 Å². The van der Waals surface area contributed by atoms with Crippen LogP contribution in [0.4, 0.5) is 0 Å². The second kappa shape index (κ2) is 4.74. The molecule has 1 fully saturated rings. The third-order valence-corrected chi connectivity index (χ3v) is 2.62. The topological polar surface area (TPSA) is 44.5 Å². The van der Waals surface area contributed by atoms with Crippen molar-refractivity contribution in [3.05, 3.63) is 12.2 Å². The highest BCUT2D eigenvalue weighted by Gasteiger charge is 2.35. The summed E-state index contributed by atoms with van der Waals surface area (Å²) >= 11 is 0. The minimum atomic E-state index is -0.304. The summed E-state index contributed by atoms with van der Waals surface area (Å²) in [6, 6.07) is 0. The molecule has 76 valence electrons. The van der Waals surface area contributed by atoms with Gasteiger partial charge in [0.05, 0.1) is 6.61 Å². The van der Waals surface area contributed by atoms with Crippen molar-refractivity contribution < 1.29 is 9.47 Å². The van der Waals surface area contributed by atoms with E-state index in [9.17, 15) is 0 Å². The molecule has 0 aromatic heterocycles. The Morgan fingerprint density at radius 2 is 2.38 bits per heavy atom. The van der Waals surface area contributed by atoms with Gasteiger partial charge < -0.3 is 15.2 Å². The molecule has 1 heterocycles. The van der Waals surface area contributed by atoms with Crippen LogP contribution in [0.5, 0.6) is 0 Å². The van der Waals surface area contributed by atoms with Gasteiger partial charge in [0.2, 0.25) is 0 Å². The smallest absolute Gasteiger partial charge is 0.113 e. The van der Waals surface area contributed by atoms with Crippen LogP contribution >= 0.6 is 0 Å². The van der Waals surface area contributed by atoms with Gasteiger partial charge in [-0.25, -0.2) is 0 Å². The van der Waals surface area contributed by atoms with Crippen molar-refractivity contribution in [1.82, 2.24) is 0 Å². The molecule has 0 aliphatic carbocycles. The maximum atomic E-state index is 5.75. The lowest BCUT2D eigenvalue weighted by Crippen LogP contribution is -2.44. The summed E-state index contributed by atoms with van der Waals surface area (Å²) in [6.45, 7) is 5.80. The van der Waals surface area contributed by atoms with Crippen molar-refractivity contribution in [2.75, 3.05) is 26.9 Å². The lowest BCUT2D eigenvalue weighted by Gasteiger charge is -2.38. The van der Waals surface area contributed by atoms with E-state index >= 15 is 0 Å². The van der Waals surface area contributed by atoms with E-state index in [4.69, 9.17) is 15.2 Å². The van der Waals surface area contributed by atoms with Gasteiger partial charge in [0.25, 0.3) is 0 Å². The van der Waals surface area contributed by atoms with Gasteiger partial charge in [-0.3, -0.25) is 0 Å². The van der Waals surface area contributed by atoms with Crippen LogP contribution < -0.4 is 5.73 Å². The van der Waals surface area contributed by atoms with E-state index in [1.807, 2.05) is 0 Å². The Morgan fingerprint density at radius 1 is 1.62 bits per heavy atom. The van der Waals surface area contributed by atoms with Crippen LogP contribution in [0, 0.1) is 0 Å². The van der Waals surface area contributed by atoms with Crippen LogP contribution in [0.15, 0.2) is 12.2 Å². The van der Waals surface area contributed by atoms with E-state index < -0.39 is 0 Å². The molecule has 0 aromatic carbocycles. The van der Waals surface area contributed by atoms with Gasteiger partial charge >= 0.3 is 0 Å². The monoisotopic (exact) mass is 185 g/mol. The lowest BCUT2D eigenvalue weighted by atomic mass is 9.87. The molecule has 2 N–H and O–H groups in total. The van der Waals surface area contributed by atoms with Crippen LogP contribution in [0.25, 0.3) is 0 Å². The molecule has 0 spiro atoms. The van der Waals surface area contributed by atoms with E-state index in [1.54, 1.807) is 7.11 Å². The Hall–Kier alpha value is -0.380. The number of nitrogens with two attached hydrogens (primary N) is 1. The molecule has 1 atom stereocenters. The highest BCUT2D eigenvalue weighted by atomic mass is 16.5. The summed E-state index contributed by atoms with van der Waals surface area (Å²) in [5.41, 5.74) is 6.23. The molecule has 1 unspecified atom stereocenters. The highest BCUT2D eigenvalue weighted by molar-refractivity contribution is 5.15. The maximum Gasteiger partial charge on any atom is 0.113 e. The molecule has 3 heteroatoms. The summed E-state index contributed by atoms with van der Waals surface area (Å²) in [6.07, 6.45) is 3.28. The van der Waals surface area contributed by atoms with Crippen molar-refractivity contribution in [2.45, 2.75) is 24.9 Å². The first-order valence-electron chi connectivity index (χ1n) is 4.76. The van der Waals surface area contributed by atoms with Gasteiger partial charge in [-0.05, 0) is 24.8 Å². The summed E-state index contributed by atoms with van der Waals surface area (Å²) in [4.78, 5) is 0. The largest absolute Gasteiger partial charge is 0.381 e. The van der Waals surface area contributed by atoms with Gasteiger partial charge in [0, 0.05) is 20.3 Å². The quantitative estimate of drug-likeness (QED) is 0.667. The van der Waals surface area contributed by atoms with Crippen LogP contribution in [0.3, 0.4) is 0 Å². The minimum Gasteiger partial charge on any atom is -0.381 e. The first kappa shape index (κ1) is 10.7. The minimum absolute atomic E-state index is 0.304. The standard InChI is InChI=1S/C10H19NO2/c1-9(7-11)10(8-12-2)5-3-4-6-13-10/h1,3-8,11H2,2H3. The molecule has 0 amide bonds. The fourth-order valence-corrected chi connectivity index (χ4v) is 1.77. The van der Waals surface area contributed by atoms with Gasteiger partial charge in [0.1, 0.15) is 5.60 Å². The van der Waals surface area contributed by atoms with E-state index in [0.717, 1.165) is 25.0 Å². The SMILES string of the molecule is C=C(CN)C1(COC)CCCCO1. The predicted octanol–water partition coefficient (Wildman–Crippen LogP) is 1.09. The van der Waals surface area contributed by atoms with Crippen LogP contribution in [-0.4, -0.2) is 32.5 Å². The number of rotatable bonds is 4. The van der Waals surface area contributed by atoms with E-state index in [1.165, 1.54) is 6.42 Å². The number of methoxy groups -OCH3 is 1. The van der Waals surface area contributed by atoms with Gasteiger partial charge in [-0.15, -0.1) is 0 Å². The number of hydrogen-bond donors (Lipinski definition) is 1. The Kier molecular flexibility index (Phi) is 3.90. The Morgan fingerprint density at radius 3 is 2.85 bits per heavy atom. The van der Waals surface area contributed by atoms with Gasteiger partial charge in [-0.2, -0.15) is 0 Å². The first-order chi connectivity index (χ1) is 6.25. The predicted molar refractivity (Wildman–Crippen MR) is 52.6 cm³/mol. The Labute approximate surface area is 79.9 Å². The van der Waals surface area contributed by atoms with Crippen LogP contribution in [0.1, 0.15) is 19.3 Å². The zero-order valence-electron chi connectivity index (χ0n) is 8.34. The van der Waals surface area contributed by atoms with E-state index in [-0.39, 0.29) is 5.60 Å². The average Bonchev–Trinajstić information content (AvgIpc) is 2.18. The molecule has 0 saturated carbocycles. The highest BCUT2D eigenvalue weighted by Crippen LogP contribution is 2.30. The third-order valence-electron chi connectivity index (χ3n) is 2.62. The molecule has 1 rings (SSSR count). The van der Waals surface area contributed by atoms with Crippen molar-refractivity contribution in [2.24, 2.45) is 5.73 Å². The summed E-state index contributed by atoms with van der Waals surface area (Å²) < 4.78 is 10.9. The van der Waals surface area contributed by atoms with Crippen molar-refractivity contribution in [1.29, 1.82) is 0 Å². The maximum absolute atomic E-state index is 5.75. The fraction of sp³-hybridized carbons (Fsp3) is 0.800. The third kappa shape index (κ3) is 2.30. The molecule has 0 aromatic rings. The first-order valence-corrected chi connectivity index (χ1v) is 4.76. The van der Waals surface area contributed by atoms with Crippen molar-refractivity contribution >= 4 is 0 Å².